The Morgan fingerprint density at radius 3 is 2.90 bits per heavy atom. The van der Waals surface area contributed by atoms with Crippen molar-refractivity contribution in [1.29, 1.82) is 0 Å². The van der Waals surface area contributed by atoms with E-state index in [0.717, 1.165) is 16.8 Å². The van der Waals surface area contributed by atoms with Gasteiger partial charge < -0.3 is 23.2 Å². The fraction of sp³-hybridized carbons (Fsp3) is 0.214. The first-order valence-corrected chi connectivity index (χ1v) is 6.32. The second kappa shape index (κ2) is 5.57. The monoisotopic (exact) mass is 305 g/mol. The Morgan fingerprint density at radius 2 is 2.19 bits per heavy atom. The summed E-state index contributed by atoms with van der Waals surface area (Å²) in [5, 5.41) is 14.4. The van der Waals surface area contributed by atoms with Crippen LogP contribution in [0.15, 0.2) is 30.7 Å². The second-order valence-corrected chi connectivity index (χ2v) is 4.89. The third kappa shape index (κ3) is 2.62. The van der Waals surface area contributed by atoms with Crippen LogP contribution in [0.3, 0.4) is 0 Å². The Balaban J connectivity index is 0.00000161. The van der Waals surface area contributed by atoms with Crippen LogP contribution in [-0.2, 0) is 13.5 Å². The normalized spacial score (nSPS) is 10.6. The molecule has 3 aromatic rings. The number of anilines is 1. The molecule has 110 valence electrons. The molecule has 0 amide bonds. The van der Waals surface area contributed by atoms with E-state index in [4.69, 9.17) is 5.73 Å². The molecule has 0 unspecified atom stereocenters. The third-order valence-electron chi connectivity index (χ3n) is 3.33. The molecule has 0 atom stereocenters. The van der Waals surface area contributed by atoms with E-state index < -0.39 is 0 Å². The van der Waals surface area contributed by atoms with Gasteiger partial charge in [0.15, 0.2) is 18.0 Å². The smallest absolute Gasteiger partial charge is 0.219 e. The van der Waals surface area contributed by atoms with Gasteiger partial charge in [0.2, 0.25) is 5.88 Å². The topological polar surface area (TPSA) is 80.3 Å². The Labute approximate surface area is 128 Å². The van der Waals surface area contributed by atoms with Gasteiger partial charge in [0.25, 0.3) is 0 Å². The van der Waals surface area contributed by atoms with Gasteiger partial charge >= 0.3 is 0 Å². The summed E-state index contributed by atoms with van der Waals surface area (Å²) in [6.45, 7) is 1.87. The van der Waals surface area contributed by atoms with E-state index in [1.54, 1.807) is 0 Å². The molecular formula is C14H16ClN5O. The van der Waals surface area contributed by atoms with E-state index in [0.29, 0.717) is 17.8 Å². The molecule has 0 aliphatic rings. The van der Waals surface area contributed by atoms with Crippen LogP contribution in [0.4, 0.5) is 5.69 Å². The van der Waals surface area contributed by atoms with E-state index in [2.05, 4.69) is 10.1 Å². The molecule has 0 aromatic carbocycles. The minimum Gasteiger partial charge on any atom is -1.00 e. The number of hydrogen-bond donors (Lipinski definition) is 2. The van der Waals surface area contributed by atoms with Crippen LogP contribution < -0.4 is 22.7 Å². The van der Waals surface area contributed by atoms with Gasteiger partial charge in [-0.25, -0.2) is 9.55 Å². The zero-order valence-corrected chi connectivity index (χ0v) is 12.5. The van der Waals surface area contributed by atoms with Gasteiger partial charge in [0, 0.05) is 29.3 Å². The molecular weight excluding hydrogens is 290 g/mol. The molecule has 0 spiro atoms. The standard InChI is InChI=1S/C14H15N5O.ClH/c1-9-11(6-10-4-3-5-18(2)8-10)14(20)19-13(17-9)12(15)7-16-19;/h3-5,7-8H,6,15H2,1-2H3;1H. The van der Waals surface area contributed by atoms with Crippen molar-refractivity contribution in [3.63, 3.8) is 0 Å². The number of nitrogens with two attached hydrogens (primary N) is 1. The maximum Gasteiger partial charge on any atom is 0.219 e. The molecule has 6 nitrogen and oxygen atoms in total. The maximum absolute atomic E-state index is 10.4. The van der Waals surface area contributed by atoms with Gasteiger partial charge in [-0.15, -0.1) is 0 Å². The summed E-state index contributed by atoms with van der Waals surface area (Å²) in [5.74, 6) is 0.0932. The van der Waals surface area contributed by atoms with Crippen molar-refractivity contribution in [2.24, 2.45) is 7.05 Å². The first-order valence-electron chi connectivity index (χ1n) is 6.32. The number of aromatic nitrogens is 4. The number of nitrogen functional groups attached to an aromatic ring is 1. The summed E-state index contributed by atoms with van der Waals surface area (Å²) >= 11 is 0. The lowest BCUT2D eigenvalue weighted by Gasteiger charge is -2.09. The van der Waals surface area contributed by atoms with Crippen molar-refractivity contribution < 1.29 is 22.1 Å². The van der Waals surface area contributed by atoms with E-state index in [1.807, 2.05) is 43.1 Å². The maximum atomic E-state index is 10.4. The van der Waals surface area contributed by atoms with E-state index >= 15 is 0 Å². The van der Waals surface area contributed by atoms with Crippen LogP contribution >= 0.6 is 0 Å². The van der Waals surface area contributed by atoms with Gasteiger partial charge in [-0.1, -0.05) is 0 Å². The summed E-state index contributed by atoms with van der Waals surface area (Å²) in [6.07, 6.45) is 6.06. The number of aromatic hydroxyl groups is 1. The predicted molar refractivity (Wildman–Crippen MR) is 74.2 cm³/mol. The Hall–Kier alpha value is -2.34. The van der Waals surface area contributed by atoms with Crippen molar-refractivity contribution in [3.05, 3.63) is 47.5 Å². The first-order chi connectivity index (χ1) is 9.56. The lowest BCUT2D eigenvalue weighted by atomic mass is 10.1. The highest BCUT2D eigenvalue weighted by atomic mass is 35.5. The van der Waals surface area contributed by atoms with Crippen LogP contribution in [0.1, 0.15) is 16.8 Å². The van der Waals surface area contributed by atoms with E-state index in [-0.39, 0.29) is 18.3 Å². The van der Waals surface area contributed by atoms with Crippen LogP contribution in [0, 0.1) is 6.92 Å². The zero-order chi connectivity index (χ0) is 14.3. The third-order valence-corrected chi connectivity index (χ3v) is 3.33. The van der Waals surface area contributed by atoms with Crippen LogP contribution in [0.2, 0.25) is 0 Å². The molecule has 0 radical (unpaired) electrons. The van der Waals surface area contributed by atoms with Crippen LogP contribution in [0.5, 0.6) is 5.88 Å². The number of nitrogens with zero attached hydrogens (tertiary/aromatic N) is 4. The molecule has 3 rings (SSSR count). The average Bonchev–Trinajstić information content (AvgIpc) is 2.77. The van der Waals surface area contributed by atoms with Crippen molar-refractivity contribution in [1.82, 2.24) is 14.6 Å². The highest BCUT2D eigenvalue weighted by Gasteiger charge is 2.15. The molecule has 0 aliphatic heterocycles. The zero-order valence-electron chi connectivity index (χ0n) is 11.8. The summed E-state index contributed by atoms with van der Waals surface area (Å²) in [4.78, 5) is 4.42. The molecule has 7 heteroatoms. The van der Waals surface area contributed by atoms with Crippen molar-refractivity contribution >= 4 is 11.3 Å². The van der Waals surface area contributed by atoms with Gasteiger partial charge in [-0.2, -0.15) is 9.61 Å². The molecule has 3 aromatic heterocycles. The highest BCUT2D eigenvalue weighted by Crippen LogP contribution is 2.25. The predicted octanol–water partition coefficient (Wildman–Crippen LogP) is -2.26. The summed E-state index contributed by atoms with van der Waals surface area (Å²) in [5.41, 5.74) is 9.33. The van der Waals surface area contributed by atoms with E-state index in [9.17, 15) is 5.11 Å². The molecule has 0 aliphatic carbocycles. The quantitative estimate of drug-likeness (QED) is 0.524. The number of fused-ring (bicyclic) bond motifs is 1. The minimum absolute atomic E-state index is 0. The fourth-order valence-electron chi connectivity index (χ4n) is 2.30. The number of hydrogen-bond acceptors (Lipinski definition) is 4. The van der Waals surface area contributed by atoms with Crippen LogP contribution in [-0.4, -0.2) is 19.7 Å². The van der Waals surface area contributed by atoms with Crippen molar-refractivity contribution in [2.75, 3.05) is 5.73 Å². The number of halogens is 1. The van der Waals surface area contributed by atoms with Crippen molar-refractivity contribution in [3.8, 4) is 5.88 Å². The Kier molecular flexibility index (Phi) is 3.99. The summed E-state index contributed by atoms with van der Waals surface area (Å²) < 4.78 is 3.35. The molecule has 0 saturated heterocycles. The largest absolute Gasteiger partial charge is 1.00 e. The molecule has 0 saturated carbocycles. The Morgan fingerprint density at radius 1 is 1.43 bits per heavy atom. The van der Waals surface area contributed by atoms with Crippen molar-refractivity contribution in [2.45, 2.75) is 13.3 Å². The molecule has 21 heavy (non-hydrogen) atoms. The lowest BCUT2D eigenvalue weighted by Crippen LogP contribution is -3.00. The number of pyridine rings is 1. The fourth-order valence-corrected chi connectivity index (χ4v) is 2.30. The van der Waals surface area contributed by atoms with E-state index in [1.165, 1.54) is 10.7 Å². The van der Waals surface area contributed by atoms with Crippen LogP contribution in [0.25, 0.3) is 5.65 Å². The molecule has 0 fully saturated rings. The first kappa shape index (κ1) is 15.1. The number of aryl methyl sites for hydroxylation is 2. The van der Waals surface area contributed by atoms with Gasteiger partial charge in [-0.3, -0.25) is 0 Å². The Bertz CT molecular complexity index is 799. The molecule has 3 heterocycles. The lowest BCUT2D eigenvalue weighted by molar-refractivity contribution is -0.671. The SMILES string of the molecule is Cc1nc2c(N)cnn2c(O)c1Cc1ccc[n+](C)c1.[Cl-]. The highest BCUT2D eigenvalue weighted by molar-refractivity contribution is 5.65. The average molecular weight is 306 g/mol. The molecule has 3 N–H and O–H groups in total. The number of rotatable bonds is 2. The van der Waals surface area contributed by atoms with Gasteiger partial charge in [-0.05, 0) is 13.0 Å². The second-order valence-electron chi connectivity index (χ2n) is 4.89. The van der Waals surface area contributed by atoms with Gasteiger partial charge in [0.05, 0.1) is 11.9 Å². The minimum atomic E-state index is 0. The molecule has 0 bridgehead atoms. The summed E-state index contributed by atoms with van der Waals surface area (Å²) in [7, 11) is 1.96. The summed E-state index contributed by atoms with van der Waals surface area (Å²) in [6, 6.07) is 3.99. The van der Waals surface area contributed by atoms with Gasteiger partial charge in [0.1, 0.15) is 7.05 Å².